The van der Waals surface area contributed by atoms with Crippen molar-refractivity contribution < 1.29 is 9.59 Å². The Balaban J connectivity index is 1.58. The Labute approximate surface area is 162 Å². The number of anilines is 1. The lowest BCUT2D eigenvalue weighted by molar-refractivity contribution is -0.128. The Kier molecular flexibility index (Phi) is 4.90. The van der Waals surface area contributed by atoms with Gasteiger partial charge >= 0.3 is 0 Å². The molecule has 0 atom stereocenters. The number of likely N-dealkylation sites (tertiary alicyclic amines) is 1. The van der Waals surface area contributed by atoms with Gasteiger partial charge in [0.2, 0.25) is 5.91 Å². The maximum Gasteiger partial charge on any atom is 0.260 e. The van der Waals surface area contributed by atoms with E-state index in [0.717, 1.165) is 28.7 Å². The minimum absolute atomic E-state index is 0.0637. The lowest BCUT2D eigenvalue weighted by atomic mass is 10.1. The van der Waals surface area contributed by atoms with Gasteiger partial charge in [0, 0.05) is 31.6 Å². The molecule has 2 amide bonds. The second kappa shape index (κ2) is 7.48. The summed E-state index contributed by atoms with van der Waals surface area (Å²) in [5.41, 5.74) is 2.52. The van der Waals surface area contributed by atoms with Crippen LogP contribution in [0, 0.1) is 0 Å². The molecule has 138 valence electrons. The van der Waals surface area contributed by atoms with Crippen molar-refractivity contribution in [2.75, 3.05) is 18.0 Å². The summed E-state index contributed by atoms with van der Waals surface area (Å²) in [5, 5.41) is 0.712. The summed E-state index contributed by atoms with van der Waals surface area (Å²) in [4.78, 5) is 33.2. The summed E-state index contributed by atoms with van der Waals surface area (Å²) in [5.74, 6) is 0.127. The number of carbonyl (C=O) groups excluding carboxylic acids is 2. The standard InChI is InChI=1S/C21H21N3O2S/c1-2-24(21-22-17-9-3-4-10-18(17)27-21)20(26)16-8-5-7-15(13-16)14-23-12-6-11-19(23)25/h3-5,7-10,13H,2,6,11-12,14H2,1H3. The average molecular weight is 379 g/mol. The van der Waals surface area contributed by atoms with E-state index in [1.165, 1.54) is 11.3 Å². The van der Waals surface area contributed by atoms with Gasteiger partial charge in [0.1, 0.15) is 0 Å². The Morgan fingerprint density at radius 3 is 2.81 bits per heavy atom. The van der Waals surface area contributed by atoms with Crippen LogP contribution >= 0.6 is 11.3 Å². The molecule has 27 heavy (non-hydrogen) atoms. The van der Waals surface area contributed by atoms with Gasteiger partial charge in [0.05, 0.1) is 10.2 Å². The van der Waals surface area contributed by atoms with E-state index in [1.807, 2.05) is 60.4 Å². The average Bonchev–Trinajstić information content (AvgIpc) is 3.28. The molecular weight excluding hydrogens is 358 g/mol. The third-order valence-electron chi connectivity index (χ3n) is 4.79. The monoisotopic (exact) mass is 379 g/mol. The maximum atomic E-state index is 13.1. The van der Waals surface area contributed by atoms with Crippen molar-refractivity contribution in [3.8, 4) is 0 Å². The quantitative estimate of drug-likeness (QED) is 0.671. The van der Waals surface area contributed by atoms with E-state index in [9.17, 15) is 9.59 Å². The first-order chi connectivity index (χ1) is 13.2. The van der Waals surface area contributed by atoms with Gasteiger partial charge in [-0.1, -0.05) is 35.6 Å². The molecule has 0 spiro atoms. The molecule has 1 aromatic heterocycles. The number of hydrogen-bond acceptors (Lipinski definition) is 4. The van der Waals surface area contributed by atoms with Crippen LogP contribution in [-0.4, -0.2) is 34.8 Å². The van der Waals surface area contributed by atoms with Gasteiger partial charge in [-0.2, -0.15) is 0 Å². The lowest BCUT2D eigenvalue weighted by Gasteiger charge is -2.19. The number of rotatable bonds is 5. The first-order valence-corrected chi connectivity index (χ1v) is 10.0. The second-order valence-corrected chi connectivity index (χ2v) is 7.64. The Hall–Kier alpha value is -2.73. The summed E-state index contributed by atoms with van der Waals surface area (Å²) in [6.07, 6.45) is 1.54. The number of para-hydroxylation sites is 1. The van der Waals surface area contributed by atoms with Crippen molar-refractivity contribution in [1.29, 1.82) is 0 Å². The van der Waals surface area contributed by atoms with Gasteiger partial charge in [-0.15, -0.1) is 0 Å². The first kappa shape index (κ1) is 17.7. The van der Waals surface area contributed by atoms with E-state index in [2.05, 4.69) is 4.98 Å². The summed E-state index contributed by atoms with van der Waals surface area (Å²) in [6, 6.07) is 15.5. The maximum absolute atomic E-state index is 13.1. The van der Waals surface area contributed by atoms with Gasteiger partial charge < -0.3 is 4.90 Å². The highest BCUT2D eigenvalue weighted by atomic mass is 32.1. The van der Waals surface area contributed by atoms with Gasteiger partial charge in [-0.25, -0.2) is 4.98 Å². The minimum Gasteiger partial charge on any atom is -0.338 e. The van der Waals surface area contributed by atoms with Crippen molar-refractivity contribution >= 4 is 38.5 Å². The van der Waals surface area contributed by atoms with E-state index in [0.29, 0.717) is 30.2 Å². The van der Waals surface area contributed by atoms with Crippen LogP contribution in [0.2, 0.25) is 0 Å². The topological polar surface area (TPSA) is 53.5 Å². The van der Waals surface area contributed by atoms with Crippen molar-refractivity contribution in [3.63, 3.8) is 0 Å². The molecule has 2 aromatic carbocycles. The van der Waals surface area contributed by atoms with Gasteiger partial charge in [0.15, 0.2) is 5.13 Å². The molecule has 0 unspecified atom stereocenters. The molecule has 4 rings (SSSR count). The fourth-order valence-electron chi connectivity index (χ4n) is 3.39. The summed E-state index contributed by atoms with van der Waals surface area (Å²) < 4.78 is 1.07. The molecule has 0 aliphatic carbocycles. The summed E-state index contributed by atoms with van der Waals surface area (Å²) >= 11 is 1.52. The molecular formula is C21H21N3O2S. The third-order valence-corrected chi connectivity index (χ3v) is 5.85. The first-order valence-electron chi connectivity index (χ1n) is 9.20. The largest absolute Gasteiger partial charge is 0.338 e. The SMILES string of the molecule is CCN(C(=O)c1cccc(CN2CCCC2=O)c1)c1nc2ccccc2s1. The zero-order valence-electron chi connectivity index (χ0n) is 15.2. The van der Waals surface area contributed by atoms with E-state index in [4.69, 9.17) is 0 Å². The number of thiazole rings is 1. The van der Waals surface area contributed by atoms with E-state index in [1.54, 1.807) is 4.90 Å². The van der Waals surface area contributed by atoms with Crippen LogP contribution in [0.5, 0.6) is 0 Å². The fraction of sp³-hybridized carbons (Fsp3) is 0.286. The Morgan fingerprint density at radius 2 is 2.07 bits per heavy atom. The van der Waals surface area contributed by atoms with Crippen LogP contribution < -0.4 is 4.90 Å². The molecule has 0 radical (unpaired) electrons. The number of amides is 2. The van der Waals surface area contributed by atoms with Gasteiger partial charge in [-0.3, -0.25) is 14.5 Å². The van der Waals surface area contributed by atoms with E-state index >= 15 is 0 Å². The van der Waals surface area contributed by atoms with Crippen molar-refractivity contribution in [1.82, 2.24) is 9.88 Å². The van der Waals surface area contributed by atoms with Crippen molar-refractivity contribution in [3.05, 3.63) is 59.7 Å². The number of aromatic nitrogens is 1. The molecule has 3 aromatic rings. The highest BCUT2D eigenvalue weighted by Gasteiger charge is 2.22. The molecule has 1 saturated heterocycles. The minimum atomic E-state index is -0.0637. The molecule has 1 aliphatic heterocycles. The van der Waals surface area contributed by atoms with Crippen molar-refractivity contribution in [2.24, 2.45) is 0 Å². The molecule has 1 fully saturated rings. The van der Waals surface area contributed by atoms with Crippen molar-refractivity contribution in [2.45, 2.75) is 26.3 Å². The molecule has 1 aliphatic rings. The van der Waals surface area contributed by atoms with Gasteiger partial charge in [0.25, 0.3) is 5.91 Å². The molecule has 6 heteroatoms. The van der Waals surface area contributed by atoms with Crippen LogP contribution in [-0.2, 0) is 11.3 Å². The molecule has 2 heterocycles. The highest BCUT2D eigenvalue weighted by molar-refractivity contribution is 7.22. The predicted molar refractivity (Wildman–Crippen MR) is 108 cm³/mol. The normalized spacial score (nSPS) is 14.1. The van der Waals surface area contributed by atoms with Crippen LogP contribution in [0.15, 0.2) is 48.5 Å². The number of fused-ring (bicyclic) bond motifs is 1. The van der Waals surface area contributed by atoms with E-state index < -0.39 is 0 Å². The second-order valence-electron chi connectivity index (χ2n) is 6.63. The molecule has 0 bridgehead atoms. The molecule has 0 N–H and O–H groups in total. The number of benzene rings is 2. The van der Waals surface area contributed by atoms with Crippen LogP contribution in [0.25, 0.3) is 10.2 Å². The Morgan fingerprint density at radius 1 is 1.22 bits per heavy atom. The van der Waals surface area contributed by atoms with E-state index in [-0.39, 0.29) is 11.8 Å². The summed E-state index contributed by atoms with van der Waals surface area (Å²) in [7, 11) is 0. The van der Waals surface area contributed by atoms with Gasteiger partial charge in [-0.05, 0) is 43.2 Å². The Bertz CT molecular complexity index is 965. The zero-order chi connectivity index (χ0) is 18.8. The fourth-order valence-corrected chi connectivity index (χ4v) is 4.42. The predicted octanol–water partition coefficient (Wildman–Crippen LogP) is 4.09. The number of carbonyl (C=O) groups is 2. The zero-order valence-corrected chi connectivity index (χ0v) is 16.0. The number of hydrogen-bond donors (Lipinski definition) is 0. The molecule has 0 saturated carbocycles. The number of nitrogens with zero attached hydrogens (tertiary/aromatic N) is 3. The highest BCUT2D eigenvalue weighted by Crippen LogP contribution is 2.29. The van der Waals surface area contributed by atoms with Crippen LogP contribution in [0.3, 0.4) is 0 Å². The van der Waals surface area contributed by atoms with Crippen LogP contribution in [0.4, 0.5) is 5.13 Å². The summed E-state index contributed by atoms with van der Waals surface area (Å²) in [6.45, 7) is 3.86. The lowest BCUT2D eigenvalue weighted by Crippen LogP contribution is -2.30. The van der Waals surface area contributed by atoms with Crippen LogP contribution in [0.1, 0.15) is 35.7 Å². The molecule has 5 nitrogen and oxygen atoms in total. The third kappa shape index (κ3) is 3.57. The smallest absolute Gasteiger partial charge is 0.260 e.